The van der Waals surface area contributed by atoms with Gasteiger partial charge in [0, 0.05) is 68.8 Å². The van der Waals surface area contributed by atoms with Gasteiger partial charge in [-0.15, -0.1) is 0 Å². The number of aromatic nitrogens is 1. The highest BCUT2D eigenvalue weighted by molar-refractivity contribution is 7.80. The summed E-state index contributed by atoms with van der Waals surface area (Å²) in [6.07, 6.45) is 3.97. The highest BCUT2D eigenvalue weighted by Gasteiger charge is 2.14. The maximum atomic E-state index is 5.97. The summed E-state index contributed by atoms with van der Waals surface area (Å²) in [6, 6.07) is 10.8. The molecule has 6 heteroatoms. The van der Waals surface area contributed by atoms with Gasteiger partial charge in [-0.2, -0.15) is 0 Å². The number of thiocarbonyl (C=S) groups is 1. The van der Waals surface area contributed by atoms with Crippen molar-refractivity contribution in [2.75, 3.05) is 51.2 Å². The zero-order chi connectivity index (χ0) is 20.8. The second kappa shape index (κ2) is 10.1. The molecular weight excluding hydrogens is 378 g/mol. The van der Waals surface area contributed by atoms with Crippen LogP contribution in [0.2, 0.25) is 0 Å². The van der Waals surface area contributed by atoms with Gasteiger partial charge in [0.15, 0.2) is 5.11 Å². The molecule has 156 valence electrons. The summed E-state index contributed by atoms with van der Waals surface area (Å²) in [6.45, 7) is 10.7. The fraction of sp³-hybridized carbons (Fsp3) is 0.478. The van der Waals surface area contributed by atoms with Gasteiger partial charge in [-0.3, -0.25) is 4.98 Å². The summed E-state index contributed by atoms with van der Waals surface area (Å²) >= 11 is 5.28. The summed E-state index contributed by atoms with van der Waals surface area (Å²) < 4.78 is 0. The van der Waals surface area contributed by atoms with E-state index in [2.05, 4.69) is 61.0 Å². The van der Waals surface area contributed by atoms with Crippen LogP contribution in [-0.2, 0) is 6.42 Å². The molecule has 0 aliphatic carbocycles. The third-order valence-corrected chi connectivity index (χ3v) is 5.87. The minimum atomic E-state index is 0.421. The summed E-state index contributed by atoms with van der Waals surface area (Å²) in [4.78, 5) is 11.7. The largest absolute Gasteiger partial charge is 0.376 e. The van der Waals surface area contributed by atoms with Gasteiger partial charge in [-0.1, -0.05) is 25.1 Å². The molecule has 2 N–H and O–H groups in total. The van der Waals surface area contributed by atoms with E-state index >= 15 is 0 Å². The van der Waals surface area contributed by atoms with E-state index in [-0.39, 0.29) is 0 Å². The highest BCUT2D eigenvalue weighted by Crippen LogP contribution is 2.28. The Bertz CT molecular complexity index is 813. The molecule has 0 spiro atoms. The van der Waals surface area contributed by atoms with Crippen LogP contribution in [0.25, 0.3) is 11.1 Å². The minimum Gasteiger partial charge on any atom is -0.376 e. The van der Waals surface area contributed by atoms with E-state index in [1.54, 1.807) is 0 Å². The Labute approximate surface area is 180 Å². The first kappa shape index (κ1) is 21.7. The average molecular weight is 412 g/mol. The van der Waals surface area contributed by atoms with Crippen molar-refractivity contribution in [3.63, 3.8) is 0 Å². The quantitative estimate of drug-likeness (QED) is 0.706. The van der Waals surface area contributed by atoms with Crippen molar-refractivity contribution in [2.45, 2.75) is 26.7 Å². The Morgan fingerprint density at radius 2 is 1.86 bits per heavy atom. The van der Waals surface area contributed by atoms with Crippen molar-refractivity contribution in [3.05, 3.63) is 47.8 Å². The van der Waals surface area contributed by atoms with E-state index in [9.17, 15) is 0 Å². The van der Waals surface area contributed by atoms with Crippen LogP contribution < -0.4 is 10.6 Å². The van der Waals surface area contributed by atoms with E-state index in [0.717, 1.165) is 74.6 Å². The summed E-state index contributed by atoms with van der Waals surface area (Å²) in [7, 11) is 2.19. The predicted molar refractivity (Wildman–Crippen MR) is 126 cm³/mol. The number of likely N-dealkylation sites (N-methyl/N-ethyl adjacent to an activating group) is 1. The first-order chi connectivity index (χ1) is 14.0. The first-order valence-electron chi connectivity index (χ1n) is 10.5. The molecule has 3 rings (SSSR count). The molecule has 1 aliphatic rings. The van der Waals surface area contributed by atoms with Crippen LogP contribution in [-0.4, -0.2) is 66.2 Å². The number of anilines is 1. The Kier molecular flexibility index (Phi) is 7.58. The van der Waals surface area contributed by atoms with Crippen LogP contribution in [0.3, 0.4) is 0 Å². The van der Waals surface area contributed by atoms with E-state index in [1.807, 2.05) is 11.1 Å². The van der Waals surface area contributed by atoms with Gasteiger partial charge in [0.1, 0.15) is 0 Å². The number of rotatable bonds is 7. The molecule has 5 nitrogen and oxygen atoms in total. The summed E-state index contributed by atoms with van der Waals surface area (Å²) in [5.74, 6) is 0. The lowest BCUT2D eigenvalue weighted by Gasteiger charge is -2.32. The number of nitrogens with two attached hydrogens (primary N) is 1. The molecule has 29 heavy (non-hydrogen) atoms. The third kappa shape index (κ3) is 5.75. The molecule has 1 saturated heterocycles. The zero-order valence-electron chi connectivity index (χ0n) is 17.9. The Balaban J connectivity index is 1.69. The van der Waals surface area contributed by atoms with Crippen molar-refractivity contribution in [1.29, 1.82) is 0 Å². The molecule has 1 fully saturated rings. The molecular formula is C23H33N5S. The lowest BCUT2D eigenvalue weighted by atomic mass is 10.0. The van der Waals surface area contributed by atoms with Gasteiger partial charge in [-0.25, -0.2) is 0 Å². The molecule has 0 saturated carbocycles. The molecule has 0 unspecified atom stereocenters. The second-order valence-electron chi connectivity index (χ2n) is 7.92. The maximum absolute atomic E-state index is 5.97. The molecule has 0 bridgehead atoms. The van der Waals surface area contributed by atoms with Gasteiger partial charge < -0.3 is 20.4 Å². The summed E-state index contributed by atoms with van der Waals surface area (Å²) in [5.41, 5.74) is 11.6. The lowest BCUT2D eigenvalue weighted by molar-refractivity contribution is 0.155. The van der Waals surface area contributed by atoms with Crippen LogP contribution in [0.5, 0.6) is 0 Å². The molecule has 0 amide bonds. The lowest BCUT2D eigenvalue weighted by Crippen LogP contribution is -2.45. The zero-order valence-corrected chi connectivity index (χ0v) is 18.7. The first-order valence-corrected chi connectivity index (χ1v) is 10.9. The molecule has 1 aromatic heterocycles. The van der Waals surface area contributed by atoms with E-state index in [1.165, 1.54) is 5.56 Å². The number of aryl methyl sites for hydroxylation is 1. The van der Waals surface area contributed by atoms with Crippen LogP contribution >= 0.6 is 12.2 Å². The van der Waals surface area contributed by atoms with Crippen LogP contribution in [0.4, 0.5) is 5.69 Å². The number of piperazine rings is 1. The fourth-order valence-corrected chi connectivity index (χ4v) is 3.93. The third-order valence-electron chi connectivity index (χ3n) is 5.65. The standard InChI is InChI=1S/C23H33N5S/c1-4-10-28(23(24)29)22-16-19(6-5-18(22)2)20-7-8-21(25-17-20)9-11-27-14-12-26(3)13-15-27/h5-8,16-17H,4,9-15H2,1-3H3,(H2,24,29). The molecule has 0 atom stereocenters. The Morgan fingerprint density at radius 1 is 1.14 bits per heavy atom. The van der Waals surface area contributed by atoms with E-state index in [0.29, 0.717) is 5.11 Å². The number of nitrogens with zero attached hydrogens (tertiary/aromatic N) is 4. The van der Waals surface area contributed by atoms with Crippen LogP contribution in [0, 0.1) is 6.92 Å². The fourth-order valence-electron chi connectivity index (χ4n) is 3.74. The SMILES string of the molecule is CCCN(C(N)=S)c1cc(-c2ccc(CCN3CCN(C)CC3)nc2)ccc1C. The number of benzene rings is 1. The molecule has 1 aliphatic heterocycles. The second-order valence-corrected chi connectivity index (χ2v) is 8.34. The van der Waals surface area contributed by atoms with E-state index in [4.69, 9.17) is 22.9 Å². The average Bonchev–Trinajstić information content (AvgIpc) is 2.72. The van der Waals surface area contributed by atoms with Crippen LogP contribution in [0.1, 0.15) is 24.6 Å². The monoisotopic (exact) mass is 411 g/mol. The van der Waals surface area contributed by atoms with Gasteiger partial charge in [0.25, 0.3) is 0 Å². The van der Waals surface area contributed by atoms with Gasteiger partial charge in [-0.05, 0) is 55.9 Å². The van der Waals surface area contributed by atoms with Crippen LogP contribution in [0.15, 0.2) is 36.5 Å². The van der Waals surface area contributed by atoms with Gasteiger partial charge in [0.05, 0.1) is 0 Å². The normalized spacial score (nSPS) is 15.4. The Morgan fingerprint density at radius 3 is 2.48 bits per heavy atom. The summed E-state index contributed by atoms with van der Waals surface area (Å²) in [5, 5.41) is 0.421. The van der Waals surface area contributed by atoms with E-state index < -0.39 is 0 Å². The molecule has 2 aromatic rings. The molecule has 0 radical (unpaired) electrons. The number of hydrogen-bond acceptors (Lipinski definition) is 4. The van der Waals surface area contributed by atoms with Crippen molar-refractivity contribution in [3.8, 4) is 11.1 Å². The number of pyridine rings is 1. The molecule has 2 heterocycles. The topological polar surface area (TPSA) is 48.6 Å². The van der Waals surface area contributed by atoms with Crippen molar-refractivity contribution in [2.24, 2.45) is 5.73 Å². The predicted octanol–water partition coefficient (Wildman–Crippen LogP) is 3.31. The van der Waals surface area contributed by atoms with Crippen molar-refractivity contribution in [1.82, 2.24) is 14.8 Å². The maximum Gasteiger partial charge on any atom is 0.170 e. The van der Waals surface area contributed by atoms with Crippen molar-refractivity contribution < 1.29 is 0 Å². The van der Waals surface area contributed by atoms with Gasteiger partial charge >= 0.3 is 0 Å². The van der Waals surface area contributed by atoms with Crippen molar-refractivity contribution >= 4 is 23.0 Å². The van der Waals surface area contributed by atoms with Gasteiger partial charge in [0.2, 0.25) is 0 Å². The Hall–Kier alpha value is -2.02. The number of hydrogen-bond donors (Lipinski definition) is 1. The molecule has 1 aromatic carbocycles. The smallest absolute Gasteiger partial charge is 0.170 e. The minimum absolute atomic E-state index is 0.421. The highest BCUT2D eigenvalue weighted by atomic mass is 32.1.